The summed E-state index contributed by atoms with van der Waals surface area (Å²) >= 11 is 0. The number of rotatable bonds is 19. The molecule has 4 heterocycles. The molecule has 0 unspecified atom stereocenters. The van der Waals surface area contributed by atoms with E-state index in [0.717, 1.165) is 51.4 Å². The largest absolute Gasteiger partial charge is 0.351 e. The molecule has 6 aliphatic rings. The van der Waals surface area contributed by atoms with Crippen LogP contribution in [0.1, 0.15) is 140 Å². The van der Waals surface area contributed by atoms with Crippen LogP contribution in [0.5, 0.6) is 0 Å². The number of carbonyl (C=O) groups excluding carboxylic acids is 8. The fourth-order valence-electron chi connectivity index (χ4n) is 12.9. The first-order valence-corrected chi connectivity index (χ1v) is 29.1. The Labute approximate surface area is 460 Å². The standard InChI is InChI=1S/C58H86N12O8/c1-37(59-3)51(71)65-47-35-67(33-29-41-25-27-49(69(41)55(47)75)53(73)63-45-23-15-21-43(45)39-17-9-7-10-18-39)57(77)61-31-13-5-6-14-32-62-58(78)68-34-30-42-26-28-50(70(42)56(76)48(36-68)66-52(72)38(2)60-4)54(74)64-46-24-16-22-44(46)40-19-11-8-12-20-40/h7-12,17-20,37-38,41-50,59-60H,5-6,13-16,21-36H2,1-4H3,(H,61,77)(H,62,78)(H,63,73)(H,64,74)(H,65,71)(H,66,72)/t37-,38-,41+,42+,43-,44+,45-,46+,47-,48-,49-,50-/m0/s1. The molecular formula is C58H86N12O8. The molecule has 4 aliphatic heterocycles. The third kappa shape index (κ3) is 14.1. The average molecular weight is 1080 g/mol. The van der Waals surface area contributed by atoms with Crippen LogP contribution in [0, 0.1) is 0 Å². The molecular weight excluding hydrogens is 993 g/mol. The molecule has 8 rings (SSSR count). The molecule has 20 heteroatoms. The van der Waals surface area contributed by atoms with Crippen molar-refractivity contribution in [2.45, 2.75) is 189 Å². The second-order valence-electron chi connectivity index (χ2n) is 22.6. The Morgan fingerprint density at radius 1 is 0.500 bits per heavy atom. The molecule has 2 aromatic carbocycles. The van der Waals surface area contributed by atoms with Crippen molar-refractivity contribution in [3.63, 3.8) is 0 Å². The van der Waals surface area contributed by atoms with Crippen LogP contribution in [0.3, 0.4) is 0 Å². The predicted octanol–water partition coefficient (Wildman–Crippen LogP) is 3.19. The first-order valence-electron chi connectivity index (χ1n) is 29.1. The normalized spacial score (nSPS) is 28.0. The SMILES string of the molecule is CN[C@@H](C)C(=O)N[C@H]1CN(C(=O)NCCCCCCNC(=O)N2CC[C@H]3CC[C@@H](C(=O)N[C@@H]4CCC[C@@H]4c4ccccc4)N3C(=O)[C@@H](NC(=O)[C@H](C)NC)C2)CC[C@H]2CC[C@@H](C(=O)N[C@H]3CCC[C@H]3c3ccccc3)N2C1=O. The quantitative estimate of drug-likeness (QED) is 0.0956. The van der Waals surface area contributed by atoms with Gasteiger partial charge in [-0.1, -0.05) is 86.3 Å². The van der Waals surface area contributed by atoms with Crippen LogP contribution in [0.2, 0.25) is 0 Å². The molecule has 2 aliphatic carbocycles. The molecule has 78 heavy (non-hydrogen) atoms. The van der Waals surface area contributed by atoms with Crippen molar-refractivity contribution >= 4 is 47.5 Å². The van der Waals surface area contributed by atoms with Crippen molar-refractivity contribution in [1.82, 2.24) is 62.1 Å². The maximum Gasteiger partial charge on any atom is 0.317 e. The van der Waals surface area contributed by atoms with Crippen LogP contribution in [0.25, 0.3) is 0 Å². The minimum atomic E-state index is -1.04. The monoisotopic (exact) mass is 1080 g/mol. The minimum absolute atomic E-state index is 0.0270. The lowest BCUT2D eigenvalue weighted by atomic mass is 9.94. The van der Waals surface area contributed by atoms with Gasteiger partial charge in [-0.25, -0.2) is 9.59 Å². The molecule has 0 radical (unpaired) electrons. The number of benzene rings is 2. The van der Waals surface area contributed by atoms with Gasteiger partial charge in [-0.3, -0.25) is 28.8 Å². The van der Waals surface area contributed by atoms with E-state index in [1.807, 2.05) is 36.4 Å². The van der Waals surface area contributed by atoms with E-state index in [1.165, 1.54) is 11.1 Å². The van der Waals surface area contributed by atoms with Crippen molar-refractivity contribution in [3.05, 3.63) is 71.8 Å². The van der Waals surface area contributed by atoms with Crippen LogP contribution < -0.4 is 42.5 Å². The van der Waals surface area contributed by atoms with Gasteiger partial charge in [0.25, 0.3) is 0 Å². The molecule has 426 valence electrons. The number of nitrogens with one attached hydrogen (secondary N) is 8. The number of unbranched alkanes of at least 4 members (excludes halogenated alkanes) is 3. The van der Waals surface area contributed by atoms with E-state index in [0.29, 0.717) is 77.5 Å². The molecule has 2 saturated carbocycles. The number of hydrogen-bond donors (Lipinski definition) is 8. The Hall–Kier alpha value is -6.28. The molecule has 2 aromatic rings. The number of likely N-dealkylation sites (N-methyl/N-ethyl adjacent to an activating group) is 2. The van der Waals surface area contributed by atoms with Crippen LogP contribution in [-0.4, -0.2) is 181 Å². The number of fused-ring (bicyclic) bond motifs is 2. The maximum atomic E-state index is 14.5. The maximum absolute atomic E-state index is 14.5. The van der Waals surface area contributed by atoms with Gasteiger partial charge in [0.15, 0.2) is 0 Å². The van der Waals surface area contributed by atoms with Gasteiger partial charge in [0.1, 0.15) is 24.2 Å². The summed E-state index contributed by atoms with van der Waals surface area (Å²) in [5, 5.41) is 24.3. The fraction of sp³-hybridized carbons (Fsp3) is 0.655. The van der Waals surface area contributed by atoms with E-state index in [-0.39, 0.29) is 96.6 Å². The third-order valence-electron chi connectivity index (χ3n) is 17.6. The first-order chi connectivity index (χ1) is 37.8. The number of amides is 10. The summed E-state index contributed by atoms with van der Waals surface area (Å²) in [6, 6.07) is 14.6. The van der Waals surface area contributed by atoms with E-state index in [9.17, 15) is 38.4 Å². The highest BCUT2D eigenvalue weighted by molar-refractivity contribution is 5.96. The highest BCUT2D eigenvalue weighted by atomic mass is 16.2. The summed E-state index contributed by atoms with van der Waals surface area (Å²) in [5.41, 5.74) is 2.40. The highest BCUT2D eigenvalue weighted by Gasteiger charge is 2.48. The summed E-state index contributed by atoms with van der Waals surface area (Å²) < 4.78 is 0. The highest BCUT2D eigenvalue weighted by Crippen LogP contribution is 2.38. The Balaban J connectivity index is 0.793. The lowest BCUT2D eigenvalue weighted by molar-refractivity contribution is -0.145. The van der Waals surface area contributed by atoms with Crippen LogP contribution >= 0.6 is 0 Å². The zero-order valence-electron chi connectivity index (χ0n) is 46.3. The number of carbonyl (C=O) groups is 8. The average Bonchev–Trinajstić information content (AvgIpc) is 4.35. The van der Waals surface area contributed by atoms with Gasteiger partial charge in [0, 0.05) is 62.2 Å². The van der Waals surface area contributed by atoms with E-state index < -0.39 is 36.3 Å². The Kier molecular flexibility index (Phi) is 20.4. The van der Waals surface area contributed by atoms with Crippen LogP contribution in [0.15, 0.2) is 60.7 Å². The number of urea groups is 2. The molecule has 8 N–H and O–H groups in total. The van der Waals surface area contributed by atoms with Gasteiger partial charge in [0.2, 0.25) is 35.4 Å². The summed E-state index contributed by atoms with van der Waals surface area (Å²) in [6.07, 6.45) is 11.9. The lowest BCUT2D eigenvalue weighted by Crippen LogP contribution is -2.63. The third-order valence-corrected chi connectivity index (χ3v) is 17.6. The molecule has 12 atom stereocenters. The summed E-state index contributed by atoms with van der Waals surface area (Å²) in [6.45, 7) is 4.80. The fourth-order valence-corrected chi connectivity index (χ4v) is 12.9. The molecule has 6 fully saturated rings. The molecule has 20 nitrogen and oxygen atoms in total. The van der Waals surface area contributed by atoms with Crippen molar-refractivity contribution in [2.24, 2.45) is 0 Å². The Bertz CT molecular complexity index is 2240. The van der Waals surface area contributed by atoms with E-state index in [2.05, 4.69) is 66.8 Å². The molecule has 0 aromatic heterocycles. The minimum Gasteiger partial charge on any atom is -0.351 e. The first kappa shape index (κ1) is 57.9. The van der Waals surface area contributed by atoms with Gasteiger partial charge >= 0.3 is 12.1 Å². The second-order valence-corrected chi connectivity index (χ2v) is 22.6. The predicted molar refractivity (Wildman–Crippen MR) is 296 cm³/mol. The topological polar surface area (TPSA) is 246 Å². The van der Waals surface area contributed by atoms with Crippen molar-refractivity contribution in [1.29, 1.82) is 0 Å². The van der Waals surface area contributed by atoms with Crippen molar-refractivity contribution in [3.8, 4) is 0 Å². The van der Waals surface area contributed by atoms with Crippen LogP contribution in [0.4, 0.5) is 9.59 Å². The van der Waals surface area contributed by atoms with Crippen molar-refractivity contribution in [2.75, 3.05) is 53.4 Å². The summed E-state index contributed by atoms with van der Waals surface area (Å²) in [7, 11) is 3.32. The van der Waals surface area contributed by atoms with E-state index >= 15 is 0 Å². The van der Waals surface area contributed by atoms with Crippen LogP contribution in [-0.2, 0) is 28.8 Å². The molecule has 0 spiro atoms. The van der Waals surface area contributed by atoms with Gasteiger partial charge in [-0.05, 0) is 116 Å². The molecule has 0 bridgehead atoms. The summed E-state index contributed by atoms with van der Waals surface area (Å²) in [4.78, 5) is 118. The van der Waals surface area contributed by atoms with E-state index in [1.54, 1.807) is 47.5 Å². The van der Waals surface area contributed by atoms with Gasteiger partial charge in [-0.15, -0.1) is 0 Å². The zero-order chi connectivity index (χ0) is 55.3. The van der Waals surface area contributed by atoms with Gasteiger partial charge < -0.3 is 62.1 Å². The molecule has 4 saturated heterocycles. The molecule has 10 amide bonds. The number of nitrogens with zero attached hydrogens (tertiary/aromatic N) is 4. The second kappa shape index (κ2) is 27.5. The van der Waals surface area contributed by atoms with Gasteiger partial charge in [-0.2, -0.15) is 0 Å². The lowest BCUT2D eigenvalue weighted by Gasteiger charge is -2.39. The van der Waals surface area contributed by atoms with Crippen molar-refractivity contribution < 1.29 is 38.4 Å². The Morgan fingerprint density at radius 3 is 1.28 bits per heavy atom. The summed E-state index contributed by atoms with van der Waals surface area (Å²) in [5.74, 6) is -1.39. The van der Waals surface area contributed by atoms with E-state index in [4.69, 9.17) is 0 Å². The van der Waals surface area contributed by atoms with Gasteiger partial charge in [0.05, 0.1) is 25.2 Å². The Morgan fingerprint density at radius 2 is 0.897 bits per heavy atom. The smallest absolute Gasteiger partial charge is 0.317 e. The zero-order valence-corrected chi connectivity index (χ0v) is 46.3. The number of hydrogen-bond acceptors (Lipinski definition) is 10.